The predicted molar refractivity (Wildman–Crippen MR) is 111 cm³/mol. The Kier molecular flexibility index (Phi) is 7.99. The van der Waals surface area contributed by atoms with E-state index in [1.165, 1.54) is 12.1 Å². The molecular formula is C18H17Cl2N3O3S. The van der Waals surface area contributed by atoms with Gasteiger partial charge in [-0.2, -0.15) is 0 Å². The number of carbonyl (C=O) groups excluding carboxylic acids is 2. The predicted octanol–water partition coefficient (Wildman–Crippen LogP) is 3.50. The molecule has 2 amide bonds. The van der Waals surface area contributed by atoms with Gasteiger partial charge in [0, 0.05) is 29.9 Å². The molecule has 9 heteroatoms. The summed E-state index contributed by atoms with van der Waals surface area (Å²) in [5, 5.41) is 8.90. The lowest BCUT2D eigenvalue weighted by atomic mass is 10.2. The molecule has 0 atom stereocenters. The van der Waals surface area contributed by atoms with Gasteiger partial charge in [0.2, 0.25) is 0 Å². The number of anilines is 1. The number of hydrogen-bond acceptors (Lipinski definition) is 4. The van der Waals surface area contributed by atoms with E-state index >= 15 is 0 Å². The topological polar surface area (TPSA) is 79.5 Å². The highest BCUT2D eigenvalue weighted by molar-refractivity contribution is 7.80. The fourth-order valence-electron chi connectivity index (χ4n) is 2.08. The van der Waals surface area contributed by atoms with Crippen LogP contribution in [0.2, 0.25) is 10.0 Å². The number of ether oxygens (including phenoxy) is 1. The Bertz CT molecular complexity index is 844. The second-order valence-electron chi connectivity index (χ2n) is 5.36. The van der Waals surface area contributed by atoms with Gasteiger partial charge in [0.15, 0.2) is 5.11 Å². The van der Waals surface area contributed by atoms with Crippen LogP contribution in [0.1, 0.15) is 20.7 Å². The smallest absolute Gasteiger partial charge is 0.258 e. The van der Waals surface area contributed by atoms with E-state index in [4.69, 9.17) is 40.2 Å². The van der Waals surface area contributed by atoms with Gasteiger partial charge in [-0.1, -0.05) is 23.2 Å². The lowest BCUT2D eigenvalue weighted by molar-refractivity contribution is 0.0935. The van der Waals surface area contributed by atoms with Gasteiger partial charge < -0.3 is 15.4 Å². The zero-order valence-corrected chi connectivity index (χ0v) is 16.7. The molecule has 2 rings (SSSR count). The van der Waals surface area contributed by atoms with Crippen molar-refractivity contribution in [1.82, 2.24) is 10.6 Å². The Morgan fingerprint density at radius 2 is 1.78 bits per heavy atom. The average Bonchev–Trinajstić information content (AvgIpc) is 2.62. The monoisotopic (exact) mass is 425 g/mol. The standard InChI is InChI=1S/C18H17Cl2N3O3S/c1-26-9-8-21-16(24)11-2-5-13(6-3-11)22-18(27)23-17(25)14-7-4-12(19)10-15(14)20/h2-7,10H,8-9H2,1H3,(H,21,24)(H2,22,23,25,27). The van der Waals surface area contributed by atoms with Crippen molar-refractivity contribution in [2.45, 2.75) is 0 Å². The molecule has 0 aliphatic heterocycles. The SMILES string of the molecule is COCCNC(=O)c1ccc(NC(=S)NC(=O)c2ccc(Cl)cc2Cl)cc1. The van der Waals surface area contributed by atoms with Gasteiger partial charge in [-0.25, -0.2) is 0 Å². The fraction of sp³-hybridized carbons (Fsp3) is 0.167. The fourth-order valence-corrected chi connectivity index (χ4v) is 2.78. The van der Waals surface area contributed by atoms with Crippen LogP contribution < -0.4 is 16.0 Å². The van der Waals surface area contributed by atoms with Crippen molar-refractivity contribution in [2.24, 2.45) is 0 Å². The summed E-state index contributed by atoms with van der Waals surface area (Å²) < 4.78 is 4.88. The molecule has 6 nitrogen and oxygen atoms in total. The summed E-state index contributed by atoms with van der Waals surface area (Å²) in [6.07, 6.45) is 0. The molecule has 0 radical (unpaired) electrons. The highest BCUT2D eigenvalue weighted by Gasteiger charge is 2.12. The van der Waals surface area contributed by atoms with Gasteiger partial charge >= 0.3 is 0 Å². The van der Waals surface area contributed by atoms with Gasteiger partial charge in [0.05, 0.1) is 17.2 Å². The maximum absolute atomic E-state index is 12.2. The van der Waals surface area contributed by atoms with Crippen molar-refractivity contribution in [1.29, 1.82) is 0 Å². The highest BCUT2D eigenvalue weighted by atomic mass is 35.5. The number of rotatable bonds is 6. The van der Waals surface area contributed by atoms with Crippen molar-refractivity contribution < 1.29 is 14.3 Å². The van der Waals surface area contributed by atoms with Gasteiger partial charge in [0.1, 0.15) is 0 Å². The first kappa shape index (κ1) is 21.1. The Balaban J connectivity index is 1.91. The summed E-state index contributed by atoms with van der Waals surface area (Å²) in [6.45, 7) is 0.871. The zero-order chi connectivity index (χ0) is 19.8. The summed E-state index contributed by atoms with van der Waals surface area (Å²) in [4.78, 5) is 24.1. The van der Waals surface area contributed by atoms with Crippen LogP contribution in [0.4, 0.5) is 5.69 Å². The third kappa shape index (κ3) is 6.48. The van der Waals surface area contributed by atoms with Gasteiger partial charge in [-0.05, 0) is 54.7 Å². The number of hydrogen-bond donors (Lipinski definition) is 3. The molecule has 0 saturated carbocycles. The summed E-state index contributed by atoms with van der Waals surface area (Å²) in [6, 6.07) is 11.2. The van der Waals surface area contributed by atoms with E-state index in [9.17, 15) is 9.59 Å². The number of nitrogens with one attached hydrogen (secondary N) is 3. The Morgan fingerprint density at radius 3 is 2.41 bits per heavy atom. The minimum absolute atomic E-state index is 0.100. The third-order valence-electron chi connectivity index (χ3n) is 3.40. The molecule has 2 aromatic rings. The van der Waals surface area contributed by atoms with Crippen LogP contribution >= 0.6 is 35.4 Å². The molecular weight excluding hydrogens is 409 g/mol. The number of methoxy groups -OCH3 is 1. The van der Waals surface area contributed by atoms with Gasteiger partial charge in [0.25, 0.3) is 11.8 Å². The Labute approximate surface area is 172 Å². The normalized spacial score (nSPS) is 10.2. The summed E-state index contributed by atoms with van der Waals surface area (Å²) in [5.74, 6) is -0.657. The summed E-state index contributed by atoms with van der Waals surface area (Å²) in [5.41, 5.74) is 1.38. The summed E-state index contributed by atoms with van der Waals surface area (Å²) in [7, 11) is 1.56. The lowest BCUT2D eigenvalue weighted by Gasteiger charge is -2.11. The minimum atomic E-state index is -0.455. The molecule has 2 aromatic carbocycles. The first-order valence-corrected chi connectivity index (χ1v) is 9.01. The molecule has 0 fully saturated rings. The van der Waals surface area contributed by atoms with Crippen LogP contribution in [-0.4, -0.2) is 37.2 Å². The molecule has 0 aliphatic rings. The van der Waals surface area contributed by atoms with E-state index in [0.29, 0.717) is 29.4 Å². The first-order chi connectivity index (χ1) is 12.9. The number of halogens is 2. The Hall–Kier alpha value is -2.19. The number of amides is 2. The molecule has 3 N–H and O–H groups in total. The molecule has 142 valence electrons. The van der Waals surface area contributed by atoms with Crippen LogP contribution in [0.3, 0.4) is 0 Å². The molecule has 0 heterocycles. The Morgan fingerprint density at radius 1 is 1.07 bits per heavy atom. The second-order valence-corrected chi connectivity index (χ2v) is 6.61. The van der Waals surface area contributed by atoms with E-state index in [0.717, 1.165) is 0 Å². The van der Waals surface area contributed by atoms with Gasteiger partial charge in [-0.15, -0.1) is 0 Å². The van der Waals surface area contributed by atoms with Crippen molar-refractivity contribution >= 4 is 58.0 Å². The first-order valence-electron chi connectivity index (χ1n) is 7.85. The molecule has 0 bridgehead atoms. The number of benzene rings is 2. The third-order valence-corrected chi connectivity index (χ3v) is 4.15. The van der Waals surface area contributed by atoms with E-state index < -0.39 is 5.91 Å². The largest absolute Gasteiger partial charge is 0.383 e. The molecule has 0 saturated heterocycles. The van der Waals surface area contributed by atoms with E-state index in [-0.39, 0.29) is 21.6 Å². The molecule has 0 unspecified atom stereocenters. The quantitative estimate of drug-likeness (QED) is 0.487. The second kappa shape index (κ2) is 10.2. The summed E-state index contributed by atoms with van der Waals surface area (Å²) >= 11 is 17.0. The molecule has 0 spiro atoms. The lowest BCUT2D eigenvalue weighted by Crippen LogP contribution is -2.34. The highest BCUT2D eigenvalue weighted by Crippen LogP contribution is 2.20. The molecule has 0 aromatic heterocycles. The molecule has 27 heavy (non-hydrogen) atoms. The molecule has 0 aliphatic carbocycles. The average molecular weight is 426 g/mol. The van der Waals surface area contributed by atoms with E-state index in [1.54, 1.807) is 37.4 Å². The van der Waals surface area contributed by atoms with Crippen LogP contribution in [0, 0.1) is 0 Å². The van der Waals surface area contributed by atoms with Crippen LogP contribution in [-0.2, 0) is 4.74 Å². The van der Waals surface area contributed by atoms with Gasteiger partial charge in [-0.3, -0.25) is 14.9 Å². The maximum atomic E-state index is 12.2. The minimum Gasteiger partial charge on any atom is -0.383 e. The van der Waals surface area contributed by atoms with E-state index in [1.807, 2.05) is 0 Å². The van der Waals surface area contributed by atoms with E-state index in [2.05, 4.69) is 16.0 Å². The van der Waals surface area contributed by atoms with Crippen molar-refractivity contribution in [3.05, 3.63) is 63.6 Å². The van der Waals surface area contributed by atoms with Crippen LogP contribution in [0.25, 0.3) is 0 Å². The van der Waals surface area contributed by atoms with Crippen molar-refractivity contribution in [2.75, 3.05) is 25.6 Å². The van der Waals surface area contributed by atoms with Crippen LogP contribution in [0.15, 0.2) is 42.5 Å². The number of thiocarbonyl (C=S) groups is 1. The number of carbonyl (C=O) groups is 2. The van der Waals surface area contributed by atoms with Crippen molar-refractivity contribution in [3.8, 4) is 0 Å². The van der Waals surface area contributed by atoms with Crippen molar-refractivity contribution in [3.63, 3.8) is 0 Å². The zero-order valence-electron chi connectivity index (χ0n) is 14.3. The van der Waals surface area contributed by atoms with Crippen LogP contribution in [0.5, 0.6) is 0 Å². The maximum Gasteiger partial charge on any atom is 0.258 e.